The number of fused-ring (bicyclic) bond motifs is 1. The van der Waals surface area contributed by atoms with Crippen molar-refractivity contribution in [3.8, 4) is 0 Å². The lowest BCUT2D eigenvalue weighted by molar-refractivity contribution is -0.146. The van der Waals surface area contributed by atoms with Crippen molar-refractivity contribution in [3.05, 3.63) is 12.2 Å². The molecule has 1 aliphatic heterocycles. The van der Waals surface area contributed by atoms with Crippen molar-refractivity contribution in [2.45, 2.75) is 6.42 Å². The Kier molecular flexibility index (Phi) is 3.64. The smallest absolute Gasteiger partial charge is 0.331 e. The number of esters is 2. The molecule has 2 atom stereocenters. The number of imide groups is 1. The highest BCUT2D eigenvalue weighted by Gasteiger charge is 2.58. The van der Waals surface area contributed by atoms with Gasteiger partial charge >= 0.3 is 11.9 Å². The number of hydrogen-bond acceptors (Lipinski definition) is 6. The maximum Gasteiger partial charge on any atom is 0.331 e. The molecule has 1 saturated heterocycles. The minimum Gasteiger partial charge on any atom is -0.466 e. The first-order valence-electron chi connectivity index (χ1n) is 5.82. The number of nitrogens with zero attached hydrogens (tertiary/aromatic N) is 1. The lowest BCUT2D eigenvalue weighted by Gasteiger charge is -2.15. The van der Waals surface area contributed by atoms with Crippen LogP contribution < -0.4 is 0 Å². The third-order valence-electron chi connectivity index (χ3n) is 3.07. The monoisotopic (exact) mass is 267 g/mol. The molecule has 0 spiro atoms. The molecule has 0 aromatic rings. The summed E-state index contributed by atoms with van der Waals surface area (Å²) in [5.74, 6) is -2.06. The van der Waals surface area contributed by atoms with Crippen molar-refractivity contribution in [2.75, 3.05) is 20.3 Å². The fourth-order valence-corrected chi connectivity index (χ4v) is 1.96. The molecule has 0 aromatic carbocycles. The number of likely N-dealkylation sites (tertiary alicyclic amines) is 1. The fraction of sp³-hybridized carbons (Fsp3) is 0.500. The topological polar surface area (TPSA) is 90.0 Å². The van der Waals surface area contributed by atoms with Crippen LogP contribution in [0.4, 0.5) is 0 Å². The molecule has 7 nitrogen and oxygen atoms in total. The highest BCUT2D eigenvalue weighted by molar-refractivity contribution is 6.08. The molecule has 2 fully saturated rings. The zero-order chi connectivity index (χ0) is 14.0. The Morgan fingerprint density at radius 2 is 1.79 bits per heavy atom. The van der Waals surface area contributed by atoms with E-state index in [0.717, 1.165) is 17.1 Å². The van der Waals surface area contributed by atoms with Gasteiger partial charge in [-0.3, -0.25) is 14.5 Å². The van der Waals surface area contributed by atoms with Gasteiger partial charge in [0.15, 0.2) is 0 Å². The van der Waals surface area contributed by atoms with E-state index in [9.17, 15) is 19.2 Å². The van der Waals surface area contributed by atoms with Crippen LogP contribution in [-0.4, -0.2) is 48.9 Å². The van der Waals surface area contributed by atoms with E-state index in [1.54, 1.807) is 0 Å². The van der Waals surface area contributed by atoms with Gasteiger partial charge in [0.05, 0.1) is 25.5 Å². The third kappa shape index (κ3) is 2.81. The lowest BCUT2D eigenvalue weighted by Crippen LogP contribution is -2.36. The summed E-state index contributed by atoms with van der Waals surface area (Å²) in [5.41, 5.74) is 0. The predicted octanol–water partition coefficient (Wildman–Crippen LogP) is -0.736. The highest BCUT2D eigenvalue weighted by atomic mass is 16.5. The second-order valence-corrected chi connectivity index (χ2v) is 4.30. The molecule has 0 aromatic heterocycles. The van der Waals surface area contributed by atoms with Crippen molar-refractivity contribution in [2.24, 2.45) is 11.8 Å². The van der Waals surface area contributed by atoms with Gasteiger partial charge in [0.1, 0.15) is 6.61 Å². The first-order valence-corrected chi connectivity index (χ1v) is 5.82. The number of amides is 2. The van der Waals surface area contributed by atoms with Crippen LogP contribution in [0.3, 0.4) is 0 Å². The van der Waals surface area contributed by atoms with E-state index in [-0.39, 0.29) is 36.8 Å². The quantitative estimate of drug-likeness (QED) is 0.370. The van der Waals surface area contributed by atoms with Gasteiger partial charge in [-0.2, -0.15) is 0 Å². The summed E-state index contributed by atoms with van der Waals surface area (Å²) in [5, 5.41) is 0. The summed E-state index contributed by atoms with van der Waals surface area (Å²) < 4.78 is 9.07. The zero-order valence-electron chi connectivity index (χ0n) is 10.3. The molecule has 102 valence electrons. The highest BCUT2D eigenvalue weighted by Crippen LogP contribution is 2.46. The molecule has 0 N–H and O–H groups in total. The Morgan fingerprint density at radius 1 is 1.21 bits per heavy atom. The summed E-state index contributed by atoms with van der Waals surface area (Å²) in [6.07, 6.45) is 2.51. The van der Waals surface area contributed by atoms with Crippen molar-refractivity contribution < 1.29 is 28.7 Å². The van der Waals surface area contributed by atoms with Crippen molar-refractivity contribution in [3.63, 3.8) is 0 Å². The molecule has 2 aliphatic rings. The number of piperidine rings is 1. The molecular weight excluding hydrogens is 254 g/mol. The normalized spacial score (nSPS) is 24.6. The van der Waals surface area contributed by atoms with Crippen LogP contribution in [0.15, 0.2) is 12.2 Å². The van der Waals surface area contributed by atoms with Gasteiger partial charge < -0.3 is 9.47 Å². The van der Waals surface area contributed by atoms with Crippen LogP contribution in [0.1, 0.15) is 6.42 Å². The molecule has 1 saturated carbocycles. The van der Waals surface area contributed by atoms with Gasteiger partial charge in [-0.15, -0.1) is 0 Å². The Labute approximate surface area is 109 Å². The number of carbonyl (C=O) groups is 4. The van der Waals surface area contributed by atoms with Gasteiger partial charge in [0, 0.05) is 12.2 Å². The maximum atomic E-state index is 11.6. The van der Waals surface area contributed by atoms with E-state index in [1.807, 2.05) is 0 Å². The first-order chi connectivity index (χ1) is 9.04. The molecule has 19 heavy (non-hydrogen) atoms. The lowest BCUT2D eigenvalue weighted by atomic mass is 10.4. The number of rotatable bonds is 5. The van der Waals surface area contributed by atoms with Crippen molar-refractivity contribution in [1.82, 2.24) is 4.90 Å². The molecule has 1 aliphatic carbocycles. The van der Waals surface area contributed by atoms with Crippen LogP contribution in [0, 0.1) is 11.8 Å². The number of ether oxygens (including phenoxy) is 2. The molecule has 2 rings (SSSR count). The summed E-state index contributed by atoms with van der Waals surface area (Å²) in [4.78, 5) is 46.2. The average Bonchev–Trinajstić information content (AvgIpc) is 3.15. The van der Waals surface area contributed by atoms with Gasteiger partial charge in [0.2, 0.25) is 11.8 Å². The molecule has 2 amide bonds. The second kappa shape index (κ2) is 5.21. The maximum absolute atomic E-state index is 11.6. The Balaban J connectivity index is 1.71. The van der Waals surface area contributed by atoms with Crippen LogP contribution >= 0.6 is 0 Å². The Bertz CT molecular complexity index is 449. The number of carbonyl (C=O) groups excluding carboxylic acids is 4. The SMILES string of the molecule is COC(=O)/C=C/C(=O)OCCN1C(=O)C2C[C@H]2C1=O. The van der Waals surface area contributed by atoms with E-state index in [2.05, 4.69) is 4.74 Å². The van der Waals surface area contributed by atoms with E-state index < -0.39 is 11.9 Å². The van der Waals surface area contributed by atoms with Gasteiger partial charge in [-0.05, 0) is 6.42 Å². The van der Waals surface area contributed by atoms with Gasteiger partial charge in [0.25, 0.3) is 0 Å². The summed E-state index contributed by atoms with van der Waals surface area (Å²) >= 11 is 0. The molecule has 0 bridgehead atoms. The summed E-state index contributed by atoms with van der Waals surface area (Å²) in [7, 11) is 1.19. The molecular formula is C12H13NO6. The predicted molar refractivity (Wildman–Crippen MR) is 60.4 cm³/mol. The van der Waals surface area contributed by atoms with Crippen LogP contribution in [0.5, 0.6) is 0 Å². The van der Waals surface area contributed by atoms with Crippen molar-refractivity contribution >= 4 is 23.8 Å². The van der Waals surface area contributed by atoms with Crippen LogP contribution in [0.25, 0.3) is 0 Å². The van der Waals surface area contributed by atoms with E-state index in [1.165, 1.54) is 7.11 Å². The van der Waals surface area contributed by atoms with E-state index >= 15 is 0 Å². The largest absolute Gasteiger partial charge is 0.466 e. The van der Waals surface area contributed by atoms with Gasteiger partial charge in [-0.1, -0.05) is 0 Å². The minimum absolute atomic E-state index is 0.0580. The van der Waals surface area contributed by atoms with E-state index in [4.69, 9.17) is 4.74 Å². The number of hydrogen-bond donors (Lipinski definition) is 0. The average molecular weight is 267 g/mol. The molecule has 0 radical (unpaired) electrons. The molecule has 7 heteroatoms. The van der Waals surface area contributed by atoms with Crippen LogP contribution in [0.2, 0.25) is 0 Å². The van der Waals surface area contributed by atoms with E-state index in [0.29, 0.717) is 6.42 Å². The Hall–Kier alpha value is -2.18. The second-order valence-electron chi connectivity index (χ2n) is 4.30. The minimum atomic E-state index is -0.727. The van der Waals surface area contributed by atoms with Crippen LogP contribution in [-0.2, 0) is 28.7 Å². The summed E-state index contributed by atoms with van der Waals surface area (Å²) in [6, 6.07) is 0. The summed E-state index contributed by atoms with van der Waals surface area (Å²) in [6.45, 7) is -0.0241. The third-order valence-corrected chi connectivity index (χ3v) is 3.07. The first kappa shape index (κ1) is 13.3. The standard InChI is InChI=1S/C12H13NO6/c1-18-9(14)2-3-10(15)19-5-4-13-11(16)7-6-8(7)12(13)17/h2-3,7-8H,4-6H2,1H3/b3-2+/t7-,8?/m1/s1. The van der Waals surface area contributed by atoms with Crippen molar-refractivity contribution in [1.29, 1.82) is 0 Å². The van der Waals surface area contributed by atoms with Gasteiger partial charge in [-0.25, -0.2) is 9.59 Å². The zero-order valence-corrected chi connectivity index (χ0v) is 10.3. The fourth-order valence-electron chi connectivity index (χ4n) is 1.96. The molecule has 1 unspecified atom stereocenters. The molecule has 1 heterocycles. The Morgan fingerprint density at radius 3 is 2.37 bits per heavy atom. The number of methoxy groups -OCH3 is 1.